The van der Waals surface area contributed by atoms with Crippen LogP contribution in [0.1, 0.15) is 45.6 Å². The highest BCUT2D eigenvalue weighted by atomic mass is 32.2. The highest BCUT2D eigenvalue weighted by Gasteiger charge is 2.31. The van der Waals surface area contributed by atoms with Crippen LogP contribution in [0.2, 0.25) is 0 Å². The molecule has 0 saturated heterocycles. The Balaban J connectivity index is 3.17. The van der Waals surface area contributed by atoms with Crippen LogP contribution in [0.5, 0.6) is 0 Å². The van der Waals surface area contributed by atoms with Crippen LogP contribution in [0.25, 0.3) is 0 Å². The van der Waals surface area contributed by atoms with Crippen molar-refractivity contribution in [2.45, 2.75) is 57.1 Å². The van der Waals surface area contributed by atoms with Gasteiger partial charge >= 0.3 is 0 Å². The molecule has 4 nitrogen and oxygen atoms in total. The fourth-order valence-corrected chi connectivity index (χ4v) is 3.84. The van der Waals surface area contributed by atoms with Crippen LogP contribution in [0.3, 0.4) is 0 Å². The second-order valence-electron chi connectivity index (χ2n) is 4.87. The van der Waals surface area contributed by atoms with Gasteiger partial charge in [-0.2, -0.15) is 0 Å². The first-order valence-corrected chi connectivity index (χ1v) is 8.25. The van der Waals surface area contributed by atoms with Crippen LogP contribution in [0.15, 0.2) is 23.1 Å². The SMILES string of the molecule is CCC(CC)(CC)NS(=O)(=O)c1ccc(CO)cc1F. The lowest BCUT2D eigenvalue weighted by molar-refractivity contribution is 0.281. The molecule has 0 aliphatic carbocycles. The summed E-state index contributed by atoms with van der Waals surface area (Å²) in [6.45, 7) is 5.38. The minimum Gasteiger partial charge on any atom is -0.392 e. The number of sulfonamides is 1. The molecule has 0 spiro atoms. The van der Waals surface area contributed by atoms with Crippen molar-refractivity contribution in [1.29, 1.82) is 0 Å². The summed E-state index contributed by atoms with van der Waals surface area (Å²) in [5.74, 6) is -0.846. The molecule has 0 aliphatic heterocycles. The summed E-state index contributed by atoms with van der Waals surface area (Å²) in [4.78, 5) is -0.380. The maximum Gasteiger partial charge on any atom is 0.243 e. The molecule has 2 N–H and O–H groups in total. The Labute approximate surface area is 120 Å². The van der Waals surface area contributed by atoms with E-state index in [0.717, 1.165) is 6.07 Å². The average molecular weight is 303 g/mol. The minimum atomic E-state index is -3.92. The molecule has 114 valence electrons. The third-order valence-corrected chi connectivity index (χ3v) is 5.46. The van der Waals surface area contributed by atoms with Crippen molar-refractivity contribution < 1.29 is 17.9 Å². The number of aliphatic hydroxyl groups is 1. The number of aliphatic hydroxyl groups excluding tert-OH is 1. The molecule has 0 heterocycles. The molecule has 0 bridgehead atoms. The normalized spacial score (nSPS) is 12.7. The molecule has 0 aromatic heterocycles. The van der Waals surface area contributed by atoms with Gasteiger partial charge in [0.05, 0.1) is 6.61 Å². The molecule has 0 unspecified atom stereocenters. The first kappa shape index (κ1) is 17.1. The van der Waals surface area contributed by atoms with E-state index in [-0.39, 0.29) is 11.5 Å². The first-order chi connectivity index (χ1) is 9.34. The zero-order valence-electron chi connectivity index (χ0n) is 12.1. The summed E-state index contributed by atoms with van der Waals surface area (Å²) >= 11 is 0. The second-order valence-corrected chi connectivity index (χ2v) is 6.52. The molecule has 1 aromatic rings. The van der Waals surface area contributed by atoms with Gasteiger partial charge in [0.25, 0.3) is 0 Å². The van der Waals surface area contributed by atoms with Crippen molar-refractivity contribution in [3.8, 4) is 0 Å². The van der Waals surface area contributed by atoms with Gasteiger partial charge in [0.2, 0.25) is 10.0 Å². The van der Waals surface area contributed by atoms with Crippen LogP contribution in [-0.2, 0) is 16.6 Å². The third-order valence-electron chi connectivity index (χ3n) is 3.85. The van der Waals surface area contributed by atoms with Crippen LogP contribution in [0.4, 0.5) is 4.39 Å². The topological polar surface area (TPSA) is 66.4 Å². The molecule has 0 atom stereocenters. The molecule has 6 heteroatoms. The number of hydrogen-bond acceptors (Lipinski definition) is 3. The molecule has 0 fully saturated rings. The molecule has 0 saturated carbocycles. The molecule has 1 aromatic carbocycles. The fraction of sp³-hybridized carbons (Fsp3) is 0.571. The summed E-state index contributed by atoms with van der Waals surface area (Å²) in [5.41, 5.74) is -0.213. The predicted octanol–water partition coefficient (Wildman–Crippen LogP) is 2.57. The van der Waals surface area contributed by atoms with Gasteiger partial charge in [-0.15, -0.1) is 0 Å². The first-order valence-electron chi connectivity index (χ1n) is 6.77. The van der Waals surface area contributed by atoms with E-state index >= 15 is 0 Å². The molecule has 0 radical (unpaired) electrons. The summed E-state index contributed by atoms with van der Waals surface area (Å²) in [7, 11) is -3.92. The van der Waals surface area contributed by atoms with Gasteiger partial charge in [-0.3, -0.25) is 0 Å². The van der Waals surface area contributed by atoms with Gasteiger partial charge in [0.15, 0.2) is 0 Å². The number of rotatable bonds is 7. The Morgan fingerprint density at radius 2 is 1.75 bits per heavy atom. The maximum absolute atomic E-state index is 13.9. The Bertz CT molecular complexity index is 545. The van der Waals surface area contributed by atoms with E-state index < -0.39 is 21.4 Å². The van der Waals surface area contributed by atoms with E-state index in [2.05, 4.69) is 4.72 Å². The molecule has 20 heavy (non-hydrogen) atoms. The maximum atomic E-state index is 13.9. The number of hydrogen-bond donors (Lipinski definition) is 2. The van der Waals surface area contributed by atoms with Gasteiger partial charge < -0.3 is 5.11 Å². The number of nitrogens with one attached hydrogen (secondary N) is 1. The molecule has 1 rings (SSSR count). The van der Waals surface area contributed by atoms with Gasteiger partial charge in [-0.25, -0.2) is 17.5 Å². The van der Waals surface area contributed by atoms with Gasteiger partial charge in [-0.05, 0) is 37.0 Å². The number of halogens is 1. The average Bonchev–Trinajstić information content (AvgIpc) is 2.44. The third kappa shape index (κ3) is 3.56. The number of benzene rings is 1. The zero-order valence-corrected chi connectivity index (χ0v) is 12.9. The van der Waals surface area contributed by atoms with E-state index in [4.69, 9.17) is 5.11 Å². The fourth-order valence-electron chi connectivity index (χ4n) is 2.17. The Kier molecular flexibility index (Phi) is 5.68. The van der Waals surface area contributed by atoms with E-state index in [1.807, 2.05) is 20.8 Å². The standard InChI is InChI=1S/C14H22FNO3S/c1-4-14(5-2,6-3)16-20(18,19)13-8-7-11(10-17)9-12(13)15/h7-9,16-17H,4-6,10H2,1-3H3. The quantitative estimate of drug-likeness (QED) is 0.813. The minimum absolute atomic E-state index is 0.326. The van der Waals surface area contributed by atoms with Crippen LogP contribution in [-0.4, -0.2) is 19.1 Å². The van der Waals surface area contributed by atoms with Crippen molar-refractivity contribution in [2.75, 3.05) is 0 Å². The highest BCUT2D eigenvalue weighted by Crippen LogP contribution is 2.24. The summed E-state index contributed by atoms with van der Waals surface area (Å²) in [6, 6.07) is 3.64. The van der Waals surface area contributed by atoms with Crippen molar-refractivity contribution in [2.24, 2.45) is 0 Å². The molecule has 0 aliphatic rings. The summed E-state index contributed by atoms with van der Waals surface area (Å²) in [6.07, 6.45) is 1.90. The summed E-state index contributed by atoms with van der Waals surface area (Å²) in [5, 5.41) is 8.92. The van der Waals surface area contributed by atoms with Gasteiger partial charge in [0.1, 0.15) is 10.7 Å². The Morgan fingerprint density at radius 3 is 2.15 bits per heavy atom. The molecular weight excluding hydrogens is 281 g/mol. The van der Waals surface area contributed by atoms with E-state index in [1.165, 1.54) is 12.1 Å². The zero-order chi connectivity index (χ0) is 15.4. The lowest BCUT2D eigenvalue weighted by Crippen LogP contribution is -2.47. The second kappa shape index (κ2) is 6.65. The monoisotopic (exact) mass is 303 g/mol. The van der Waals surface area contributed by atoms with Crippen molar-refractivity contribution in [3.63, 3.8) is 0 Å². The van der Waals surface area contributed by atoms with E-state index in [0.29, 0.717) is 24.8 Å². The van der Waals surface area contributed by atoms with Crippen LogP contribution < -0.4 is 4.72 Å². The van der Waals surface area contributed by atoms with Crippen LogP contribution >= 0.6 is 0 Å². The Hall–Kier alpha value is -0.980. The smallest absolute Gasteiger partial charge is 0.243 e. The lowest BCUT2D eigenvalue weighted by Gasteiger charge is -2.31. The van der Waals surface area contributed by atoms with Gasteiger partial charge in [0, 0.05) is 5.54 Å². The largest absolute Gasteiger partial charge is 0.392 e. The van der Waals surface area contributed by atoms with Crippen molar-refractivity contribution >= 4 is 10.0 Å². The molecule has 0 amide bonds. The Morgan fingerprint density at radius 1 is 1.20 bits per heavy atom. The molecular formula is C14H22FNO3S. The van der Waals surface area contributed by atoms with Crippen molar-refractivity contribution in [1.82, 2.24) is 4.72 Å². The van der Waals surface area contributed by atoms with E-state index in [9.17, 15) is 12.8 Å². The van der Waals surface area contributed by atoms with Gasteiger partial charge in [-0.1, -0.05) is 26.8 Å². The predicted molar refractivity (Wildman–Crippen MR) is 76.2 cm³/mol. The lowest BCUT2D eigenvalue weighted by atomic mass is 9.91. The summed E-state index contributed by atoms with van der Waals surface area (Å²) < 4.78 is 41.2. The van der Waals surface area contributed by atoms with E-state index in [1.54, 1.807) is 0 Å². The highest BCUT2D eigenvalue weighted by molar-refractivity contribution is 7.89. The van der Waals surface area contributed by atoms with Crippen LogP contribution in [0, 0.1) is 5.82 Å². The van der Waals surface area contributed by atoms with Crippen molar-refractivity contribution in [3.05, 3.63) is 29.6 Å².